The predicted molar refractivity (Wildman–Crippen MR) is 90.4 cm³/mol. The normalized spacial score (nSPS) is 10.7. The highest BCUT2D eigenvalue weighted by atomic mass is 14.7. The maximum Gasteiger partial charge on any atom is 0.0893 e. The fourth-order valence-electron chi connectivity index (χ4n) is 2.67. The third-order valence-electron chi connectivity index (χ3n) is 3.75. The summed E-state index contributed by atoms with van der Waals surface area (Å²) in [6, 6.07) is 24.9. The molecule has 0 atom stereocenters. The molecule has 0 fully saturated rings. The lowest BCUT2D eigenvalue weighted by Crippen LogP contribution is -1.91. The van der Waals surface area contributed by atoms with Gasteiger partial charge in [0.15, 0.2) is 0 Å². The van der Waals surface area contributed by atoms with Crippen LogP contribution in [0.3, 0.4) is 0 Å². The molecule has 0 aliphatic rings. The molecule has 2 heterocycles. The molecular weight excluding hydrogens is 268 g/mol. The maximum atomic E-state index is 4.86. The molecule has 0 N–H and O–H groups in total. The van der Waals surface area contributed by atoms with Crippen molar-refractivity contribution in [3.05, 3.63) is 85.2 Å². The zero-order chi connectivity index (χ0) is 14.8. The Morgan fingerprint density at radius 3 is 2.09 bits per heavy atom. The Hall–Kier alpha value is -3.00. The van der Waals surface area contributed by atoms with Crippen LogP contribution in [0.4, 0.5) is 0 Å². The molecule has 0 bridgehead atoms. The van der Waals surface area contributed by atoms with Crippen LogP contribution in [0, 0.1) is 0 Å². The molecule has 4 rings (SSSR count). The van der Waals surface area contributed by atoms with Gasteiger partial charge >= 0.3 is 0 Å². The predicted octanol–water partition coefficient (Wildman–Crippen LogP) is 4.96. The summed E-state index contributed by atoms with van der Waals surface area (Å²) in [5.74, 6) is 0. The monoisotopic (exact) mass is 282 g/mol. The van der Waals surface area contributed by atoms with Crippen molar-refractivity contribution in [2.45, 2.75) is 0 Å². The Balaban J connectivity index is 2.04. The van der Waals surface area contributed by atoms with Crippen LogP contribution < -0.4 is 0 Å². The molecule has 0 saturated heterocycles. The first kappa shape index (κ1) is 12.7. The molecule has 0 spiro atoms. The van der Waals surface area contributed by atoms with Gasteiger partial charge in [-0.3, -0.25) is 4.98 Å². The van der Waals surface area contributed by atoms with Crippen molar-refractivity contribution in [2.75, 3.05) is 0 Å². The number of aromatic nitrogens is 2. The molecule has 0 saturated carbocycles. The van der Waals surface area contributed by atoms with Crippen LogP contribution in [-0.2, 0) is 0 Å². The summed E-state index contributed by atoms with van der Waals surface area (Å²) in [6.07, 6.45) is 3.62. The Bertz CT molecular complexity index is 838. The number of benzene rings is 2. The van der Waals surface area contributed by atoms with Gasteiger partial charge in [0.05, 0.1) is 17.4 Å². The molecule has 22 heavy (non-hydrogen) atoms. The van der Waals surface area contributed by atoms with Crippen LogP contribution >= 0.6 is 0 Å². The number of nitrogens with zero attached hydrogens (tertiary/aromatic N) is 2. The number of hydrogen-bond acceptors (Lipinski definition) is 2. The molecule has 104 valence electrons. The minimum Gasteiger partial charge on any atom is -0.262 e. The number of fused-ring (bicyclic) bond motifs is 1. The molecule has 0 aliphatic carbocycles. The SMILES string of the molecule is c1ccc(-c2cc3ccncc3nc2-c2ccccc2)cc1. The number of rotatable bonds is 2. The summed E-state index contributed by atoms with van der Waals surface area (Å²) in [5.41, 5.74) is 5.35. The maximum absolute atomic E-state index is 4.86. The van der Waals surface area contributed by atoms with Gasteiger partial charge in [-0.1, -0.05) is 60.7 Å². The molecule has 0 aliphatic heterocycles. The third kappa shape index (κ3) is 2.25. The molecule has 2 heteroatoms. The smallest absolute Gasteiger partial charge is 0.0893 e. The summed E-state index contributed by atoms with van der Waals surface area (Å²) >= 11 is 0. The van der Waals surface area contributed by atoms with E-state index < -0.39 is 0 Å². The Labute approximate surface area is 129 Å². The number of hydrogen-bond donors (Lipinski definition) is 0. The quantitative estimate of drug-likeness (QED) is 0.519. The third-order valence-corrected chi connectivity index (χ3v) is 3.75. The lowest BCUT2D eigenvalue weighted by Gasteiger charge is -2.11. The highest BCUT2D eigenvalue weighted by Crippen LogP contribution is 2.32. The topological polar surface area (TPSA) is 25.8 Å². The van der Waals surface area contributed by atoms with Gasteiger partial charge < -0.3 is 0 Å². The highest BCUT2D eigenvalue weighted by molar-refractivity contribution is 5.91. The lowest BCUT2D eigenvalue weighted by atomic mass is 9.98. The summed E-state index contributed by atoms with van der Waals surface area (Å²) in [6.45, 7) is 0. The van der Waals surface area contributed by atoms with Crippen LogP contribution in [0.5, 0.6) is 0 Å². The van der Waals surface area contributed by atoms with Crippen LogP contribution in [0.1, 0.15) is 0 Å². The molecule has 0 amide bonds. The van der Waals surface area contributed by atoms with Crippen molar-refractivity contribution in [1.82, 2.24) is 9.97 Å². The summed E-state index contributed by atoms with van der Waals surface area (Å²) in [4.78, 5) is 9.05. The van der Waals surface area contributed by atoms with E-state index in [2.05, 4.69) is 47.4 Å². The van der Waals surface area contributed by atoms with Gasteiger partial charge in [-0.15, -0.1) is 0 Å². The van der Waals surface area contributed by atoms with Crippen LogP contribution in [0.2, 0.25) is 0 Å². The van der Waals surface area contributed by atoms with E-state index >= 15 is 0 Å². The average Bonchev–Trinajstić information content (AvgIpc) is 2.62. The second kappa shape index (κ2) is 5.41. The molecule has 0 radical (unpaired) electrons. The van der Waals surface area contributed by atoms with E-state index in [1.165, 1.54) is 5.56 Å². The van der Waals surface area contributed by atoms with Gasteiger partial charge in [-0.05, 0) is 17.7 Å². The molecule has 2 aromatic carbocycles. The molecular formula is C20H14N2. The zero-order valence-corrected chi connectivity index (χ0v) is 12.0. The van der Waals surface area contributed by atoms with Gasteiger partial charge in [0.25, 0.3) is 0 Å². The fourth-order valence-corrected chi connectivity index (χ4v) is 2.67. The first-order valence-electron chi connectivity index (χ1n) is 7.27. The Morgan fingerprint density at radius 1 is 0.682 bits per heavy atom. The highest BCUT2D eigenvalue weighted by Gasteiger charge is 2.10. The van der Waals surface area contributed by atoms with Crippen LogP contribution in [-0.4, -0.2) is 9.97 Å². The molecule has 0 unspecified atom stereocenters. The standard InChI is InChI=1S/C20H14N2/c1-3-7-15(8-4-1)18-13-17-11-12-21-14-19(17)22-20(18)16-9-5-2-6-10-16/h1-14H. The van der Waals surface area contributed by atoms with E-state index in [4.69, 9.17) is 4.98 Å². The van der Waals surface area contributed by atoms with E-state index in [0.29, 0.717) is 0 Å². The van der Waals surface area contributed by atoms with Gasteiger partial charge in [0.2, 0.25) is 0 Å². The van der Waals surface area contributed by atoms with Crippen molar-refractivity contribution in [2.24, 2.45) is 0 Å². The van der Waals surface area contributed by atoms with Gasteiger partial charge in [-0.2, -0.15) is 0 Å². The summed E-state index contributed by atoms with van der Waals surface area (Å²) in [7, 11) is 0. The van der Waals surface area contributed by atoms with Crippen LogP contribution in [0.15, 0.2) is 85.2 Å². The second-order valence-electron chi connectivity index (χ2n) is 5.18. The van der Waals surface area contributed by atoms with Gasteiger partial charge in [0, 0.05) is 22.7 Å². The van der Waals surface area contributed by atoms with E-state index in [1.54, 1.807) is 6.20 Å². The first-order chi connectivity index (χ1) is 10.9. The first-order valence-corrected chi connectivity index (χ1v) is 7.27. The van der Waals surface area contributed by atoms with Crippen molar-refractivity contribution >= 4 is 10.9 Å². The van der Waals surface area contributed by atoms with Crippen LogP contribution in [0.25, 0.3) is 33.3 Å². The van der Waals surface area contributed by atoms with Crippen molar-refractivity contribution in [3.8, 4) is 22.4 Å². The van der Waals surface area contributed by atoms with Gasteiger partial charge in [0.1, 0.15) is 0 Å². The summed E-state index contributed by atoms with van der Waals surface area (Å²) in [5, 5.41) is 1.11. The van der Waals surface area contributed by atoms with E-state index in [9.17, 15) is 0 Å². The second-order valence-corrected chi connectivity index (χ2v) is 5.18. The minimum absolute atomic E-state index is 0.918. The van der Waals surface area contributed by atoms with Crippen molar-refractivity contribution in [3.63, 3.8) is 0 Å². The zero-order valence-electron chi connectivity index (χ0n) is 12.0. The average molecular weight is 282 g/mol. The molecule has 4 aromatic rings. The summed E-state index contributed by atoms with van der Waals surface area (Å²) < 4.78 is 0. The molecule has 2 nitrogen and oxygen atoms in total. The Kier molecular flexibility index (Phi) is 3.13. The van der Waals surface area contributed by atoms with Gasteiger partial charge in [-0.25, -0.2) is 4.98 Å². The number of pyridine rings is 2. The Morgan fingerprint density at radius 2 is 1.36 bits per heavy atom. The minimum atomic E-state index is 0.918. The van der Waals surface area contributed by atoms with Crippen molar-refractivity contribution < 1.29 is 0 Å². The van der Waals surface area contributed by atoms with E-state index in [0.717, 1.165) is 27.7 Å². The largest absolute Gasteiger partial charge is 0.262 e. The van der Waals surface area contributed by atoms with E-state index in [1.807, 2.05) is 36.5 Å². The lowest BCUT2D eigenvalue weighted by molar-refractivity contribution is 1.31. The van der Waals surface area contributed by atoms with Crippen molar-refractivity contribution in [1.29, 1.82) is 0 Å². The molecule has 2 aromatic heterocycles. The van der Waals surface area contributed by atoms with E-state index in [-0.39, 0.29) is 0 Å². The fraction of sp³-hybridized carbons (Fsp3) is 0.